The van der Waals surface area contributed by atoms with E-state index in [4.69, 9.17) is 5.84 Å². The van der Waals surface area contributed by atoms with Crippen LogP contribution in [0.3, 0.4) is 0 Å². The fourth-order valence-electron chi connectivity index (χ4n) is 3.36. The van der Waals surface area contributed by atoms with Crippen molar-refractivity contribution in [3.63, 3.8) is 0 Å². The molecular weight excluding hydrogens is 445 g/mol. The highest BCUT2D eigenvalue weighted by molar-refractivity contribution is 7.99. The molecule has 0 aliphatic rings. The fourth-order valence-corrected chi connectivity index (χ4v) is 4.03. The van der Waals surface area contributed by atoms with E-state index in [-0.39, 0.29) is 35.1 Å². The number of para-hydroxylation sites is 1. The summed E-state index contributed by atoms with van der Waals surface area (Å²) in [4.78, 5) is 25.5. The molecule has 2 aromatic heterocycles. The molecule has 0 atom stereocenters. The van der Waals surface area contributed by atoms with Crippen LogP contribution in [0.25, 0.3) is 5.69 Å². The summed E-state index contributed by atoms with van der Waals surface area (Å²) in [6.07, 6.45) is 0.172. The van der Waals surface area contributed by atoms with Crippen molar-refractivity contribution in [2.24, 2.45) is 7.05 Å². The van der Waals surface area contributed by atoms with E-state index in [1.54, 1.807) is 36.9 Å². The summed E-state index contributed by atoms with van der Waals surface area (Å²) < 4.78 is 18.3. The minimum Gasteiger partial charge on any atom is -0.336 e. The zero-order valence-corrected chi connectivity index (χ0v) is 18.8. The van der Waals surface area contributed by atoms with Crippen molar-refractivity contribution in [2.75, 3.05) is 16.9 Å². The second kappa shape index (κ2) is 9.33. The van der Waals surface area contributed by atoms with Crippen LogP contribution in [0.15, 0.2) is 64.5 Å². The van der Waals surface area contributed by atoms with Gasteiger partial charge in [-0.25, -0.2) is 13.7 Å². The Hall–Kier alpha value is -3.86. The van der Waals surface area contributed by atoms with Crippen LogP contribution in [0.5, 0.6) is 0 Å². The summed E-state index contributed by atoms with van der Waals surface area (Å²) in [5.74, 6) is 5.63. The van der Waals surface area contributed by atoms with Gasteiger partial charge in [-0.05, 0) is 30.7 Å². The highest BCUT2D eigenvalue weighted by atomic mass is 32.2. The van der Waals surface area contributed by atoms with Gasteiger partial charge in [0.25, 0.3) is 5.56 Å². The lowest BCUT2D eigenvalue weighted by molar-refractivity contribution is -0.113. The lowest BCUT2D eigenvalue weighted by Crippen LogP contribution is -2.24. The van der Waals surface area contributed by atoms with Gasteiger partial charge in [-0.2, -0.15) is 0 Å². The molecule has 2 heterocycles. The Balaban J connectivity index is 1.44. The molecule has 0 radical (unpaired) electrons. The first-order valence-corrected chi connectivity index (χ1v) is 11.0. The first-order chi connectivity index (χ1) is 15.9. The minimum atomic E-state index is -0.385. The van der Waals surface area contributed by atoms with Crippen molar-refractivity contribution >= 4 is 23.4 Å². The average Bonchev–Trinajstić information content (AvgIpc) is 3.26. The predicted octanol–water partition coefficient (Wildman–Crippen LogP) is 2.25. The number of aromatic nitrogens is 5. The van der Waals surface area contributed by atoms with Gasteiger partial charge in [0.2, 0.25) is 11.1 Å². The molecule has 0 bridgehead atoms. The standard InChI is InChI=1S/C22H22FN7O2S/c1-14-20(21(32)30(28(14)2)16-9-4-3-5-10-16)25-19(31)13-33-22-27-26-18(29(22)24)12-15-8-6-7-11-17(15)23/h3-11H,12-13,24H2,1-2H3,(H,25,31). The summed E-state index contributed by atoms with van der Waals surface area (Å²) in [5, 5.41) is 11.0. The number of benzene rings is 2. The van der Waals surface area contributed by atoms with E-state index < -0.39 is 0 Å². The van der Waals surface area contributed by atoms with Crippen molar-refractivity contribution < 1.29 is 9.18 Å². The number of hydrogen-bond donors (Lipinski definition) is 2. The lowest BCUT2D eigenvalue weighted by atomic mass is 10.1. The van der Waals surface area contributed by atoms with Crippen LogP contribution in [0.2, 0.25) is 0 Å². The number of nitrogens with zero attached hydrogens (tertiary/aromatic N) is 5. The molecule has 3 N–H and O–H groups in total. The SMILES string of the molecule is Cc1c(NC(=O)CSc2nnc(Cc3ccccc3F)n2N)c(=O)n(-c2ccccc2)n1C. The Morgan fingerprint density at radius 3 is 2.55 bits per heavy atom. The van der Waals surface area contributed by atoms with Crippen LogP contribution in [0.1, 0.15) is 17.1 Å². The molecule has 1 amide bonds. The van der Waals surface area contributed by atoms with Gasteiger partial charge in [-0.15, -0.1) is 10.2 Å². The summed E-state index contributed by atoms with van der Waals surface area (Å²) in [7, 11) is 1.75. The van der Waals surface area contributed by atoms with Gasteiger partial charge < -0.3 is 11.2 Å². The number of nitrogens with one attached hydrogen (secondary N) is 1. The van der Waals surface area contributed by atoms with E-state index in [0.717, 1.165) is 11.8 Å². The normalized spacial score (nSPS) is 11.0. The number of carbonyl (C=O) groups excluding carboxylic acids is 1. The molecule has 0 saturated heterocycles. The van der Waals surface area contributed by atoms with Gasteiger partial charge in [0.05, 0.1) is 17.1 Å². The maximum absolute atomic E-state index is 13.9. The van der Waals surface area contributed by atoms with E-state index in [1.165, 1.54) is 15.4 Å². The Bertz CT molecular complexity index is 1360. The predicted molar refractivity (Wildman–Crippen MR) is 124 cm³/mol. The van der Waals surface area contributed by atoms with E-state index in [2.05, 4.69) is 15.5 Å². The Morgan fingerprint density at radius 1 is 1.12 bits per heavy atom. The zero-order chi connectivity index (χ0) is 23.5. The van der Waals surface area contributed by atoms with E-state index in [0.29, 0.717) is 27.9 Å². The van der Waals surface area contributed by atoms with Crippen molar-refractivity contribution in [1.29, 1.82) is 0 Å². The Morgan fingerprint density at radius 2 is 1.82 bits per heavy atom. The molecule has 4 rings (SSSR count). The number of anilines is 1. The molecule has 4 aromatic rings. The van der Waals surface area contributed by atoms with E-state index >= 15 is 0 Å². The lowest BCUT2D eigenvalue weighted by Gasteiger charge is -2.07. The van der Waals surface area contributed by atoms with Crippen LogP contribution in [-0.2, 0) is 18.3 Å². The monoisotopic (exact) mass is 467 g/mol. The third kappa shape index (κ3) is 4.53. The molecule has 0 unspecified atom stereocenters. The molecule has 11 heteroatoms. The van der Waals surface area contributed by atoms with Gasteiger partial charge in [-0.3, -0.25) is 14.3 Å². The van der Waals surface area contributed by atoms with Crippen molar-refractivity contribution in [3.05, 3.63) is 87.9 Å². The molecule has 0 fully saturated rings. The van der Waals surface area contributed by atoms with Crippen LogP contribution >= 0.6 is 11.8 Å². The molecule has 0 saturated carbocycles. The van der Waals surface area contributed by atoms with Gasteiger partial charge in [-0.1, -0.05) is 48.2 Å². The first kappa shape index (κ1) is 22.3. The number of nitrogens with two attached hydrogens (primary N) is 1. The summed E-state index contributed by atoms with van der Waals surface area (Å²) >= 11 is 1.07. The van der Waals surface area contributed by atoms with E-state index in [1.807, 2.05) is 30.3 Å². The van der Waals surface area contributed by atoms with Crippen LogP contribution < -0.4 is 16.7 Å². The molecule has 0 aliphatic carbocycles. The van der Waals surface area contributed by atoms with Crippen molar-refractivity contribution in [2.45, 2.75) is 18.5 Å². The zero-order valence-electron chi connectivity index (χ0n) is 18.0. The summed E-state index contributed by atoms with van der Waals surface area (Å²) in [5.41, 5.74) is 1.65. The number of hydrogen-bond acceptors (Lipinski definition) is 6. The van der Waals surface area contributed by atoms with Gasteiger partial charge in [0.1, 0.15) is 11.5 Å². The summed E-state index contributed by atoms with van der Waals surface area (Å²) in [6, 6.07) is 15.5. The second-order valence-corrected chi connectivity index (χ2v) is 8.25. The topological polar surface area (TPSA) is 113 Å². The number of nitrogen functional groups attached to an aromatic ring is 1. The Kier molecular flexibility index (Phi) is 6.31. The average molecular weight is 468 g/mol. The first-order valence-electron chi connectivity index (χ1n) is 10.1. The second-order valence-electron chi connectivity index (χ2n) is 7.31. The van der Waals surface area contributed by atoms with E-state index in [9.17, 15) is 14.0 Å². The maximum Gasteiger partial charge on any atom is 0.295 e. The molecule has 9 nitrogen and oxygen atoms in total. The highest BCUT2D eigenvalue weighted by Gasteiger charge is 2.19. The Labute approximate surface area is 193 Å². The number of carbonyl (C=O) groups is 1. The number of rotatable bonds is 7. The van der Waals surface area contributed by atoms with Crippen LogP contribution in [0, 0.1) is 12.7 Å². The molecule has 0 spiro atoms. The van der Waals surface area contributed by atoms with Crippen molar-refractivity contribution in [1.82, 2.24) is 24.2 Å². The van der Waals surface area contributed by atoms with Gasteiger partial charge >= 0.3 is 0 Å². The van der Waals surface area contributed by atoms with Crippen LogP contribution in [0.4, 0.5) is 10.1 Å². The van der Waals surface area contributed by atoms with Gasteiger partial charge in [0, 0.05) is 13.5 Å². The fraction of sp³-hybridized carbons (Fsp3) is 0.182. The van der Waals surface area contributed by atoms with Gasteiger partial charge in [0.15, 0.2) is 5.82 Å². The molecule has 170 valence electrons. The summed E-state index contributed by atoms with van der Waals surface area (Å²) in [6.45, 7) is 1.76. The quantitative estimate of drug-likeness (QED) is 0.318. The largest absolute Gasteiger partial charge is 0.336 e. The van der Waals surface area contributed by atoms with Crippen molar-refractivity contribution in [3.8, 4) is 5.69 Å². The number of halogens is 1. The minimum absolute atomic E-state index is 0.0336. The number of amides is 1. The molecule has 2 aromatic carbocycles. The molecule has 0 aliphatic heterocycles. The molecule has 33 heavy (non-hydrogen) atoms. The third-order valence-corrected chi connectivity index (χ3v) is 6.14. The maximum atomic E-state index is 13.9. The molecular formula is C22H22FN7O2S. The number of thioether (sulfide) groups is 1. The van der Waals surface area contributed by atoms with Crippen LogP contribution in [-0.4, -0.2) is 35.9 Å². The smallest absolute Gasteiger partial charge is 0.295 e. The highest BCUT2D eigenvalue weighted by Crippen LogP contribution is 2.19. The third-order valence-electron chi connectivity index (χ3n) is 5.19.